The van der Waals surface area contributed by atoms with Crippen LogP contribution < -0.4 is 10.6 Å². The Hall–Kier alpha value is -2.37. The topological polar surface area (TPSA) is 102 Å². The Morgan fingerprint density at radius 2 is 2.16 bits per heavy atom. The number of imidazole rings is 1. The molecular weight excluding hydrogens is 442 g/mol. The van der Waals surface area contributed by atoms with Gasteiger partial charge in [-0.2, -0.15) is 8.42 Å². The summed E-state index contributed by atoms with van der Waals surface area (Å²) in [5.74, 6) is -1.03. The van der Waals surface area contributed by atoms with Gasteiger partial charge >= 0.3 is 0 Å². The van der Waals surface area contributed by atoms with Crippen LogP contribution in [0.1, 0.15) is 37.3 Å². The Bertz CT molecular complexity index is 1060. The number of benzene rings is 1. The molecule has 0 fully saturated rings. The summed E-state index contributed by atoms with van der Waals surface area (Å²) in [6, 6.07) is 1.68. The van der Waals surface area contributed by atoms with Crippen LogP contribution in [0.3, 0.4) is 0 Å². The Morgan fingerprint density at radius 1 is 1.38 bits per heavy atom. The minimum atomic E-state index is -3.52. The van der Waals surface area contributed by atoms with Crippen molar-refractivity contribution in [3.8, 4) is 0 Å². The maximum atomic E-state index is 14.2. The first-order chi connectivity index (χ1) is 15.1. The molecule has 176 valence electrons. The van der Waals surface area contributed by atoms with Crippen molar-refractivity contribution in [2.24, 2.45) is 0 Å². The number of carbonyl (C=O) groups excluding carboxylic acids is 1. The first-order valence-corrected chi connectivity index (χ1v) is 12.4. The molecule has 2 aromatic rings. The molecule has 0 bridgehead atoms. The predicted octanol–water partition coefficient (Wildman–Crippen LogP) is 2.39. The minimum absolute atomic E-state index is 0.0355. The molecule has 2 atom stereocenters. The van der Waals surface area contributed by atoms with Crippen LogP contribution >= 0.6 is 0 Å². The Balaban J connectivity index is 1.58. The highest BCUT2D eigenvalue weighted by Gasteiger charge is 2.27. The zero-order valence-electron chi connectivity index (χ0n) is 18.1. The Labute approximate surface area is 186 Å². The van der Waals surface area contributed by atoms with Gasteiger partial charge in [-0.3, -0.25) is 8.98 Å². The molecule has 1 aromatic heterocycles. The summed E-state index contributed by atoms with van der Waals surface area (Å²) in [4.78, 5) is 17.0. The second-order valence-electron chi connectivity index (χ2n) is 7.99. The average Bonchev–Trinajstić information content (AvgIpc) is 3.14. The molecule has 3 rings (SSSR count). The number of fused-ring (bicyclic) bond motifs is 1. The molecule has 2 unspecified atom stereocenters. The molecule has 0 saturated carbocycles. The lowest BCUT2D eigenvalue weighted by Crippen LogP contribution is -2.48. The number of aromatic nitrogens is 2. The monoisotopic (exact) mass is 470 g/mol. The van der Waals surface area contributed by atoms with Gasteiger partial charge in [0.1, 0.15) is 11.6 Å². The van der Waals surface area contributed by atoms with E-state index in [0.717, 1.165) is 18.7 Å². The summed E-state index contributed by atoms with van der Waals surface area (Å²) in [6.07, 6.45) is 7.02. The fourth-order valence-electron chi connectivity index (χ4n) is 3.85. The summed E-state index contributed by atoms with van der Waals surface area (Å²) >= 11 is 0. The molecule has 2 N–H and O–H groups in total. The normalized spacial score (nSPS) is 17.1. The second kappa shape index (κ2) is 10.5. The average molecular weight is 471 g/mol. The van der Waals surface area contributed by atoms with E-state index in [0.29, 0.717) is 42.6 Å². The van der Waals surface area contributed by atoms with E-state index in [-0.39, 0.29) is 25.1 Å². The maximum absolute atomic E-state index is 14.2. The van der Waals surface area contributed by atoms with Crippen molar-refractivity contribution in [2.75, 3.05) is 18.2 Å². The number of carbonyl (C=O) groups is 1. The van der Waals surface area contributed by atoms with Gasteiger partial charge < -0.3 is 15.2 Å². The third-order valence-corrected chi connectivity index (χ3v) is 5.92. The van der Waals surface area contributed by atoms with E-state index in [1.54, 1.807) is 10.8 Å². The third kappa shape index (κ3) is 6.81. The highest BCUT2D eigenvalue weighted by molar-refractivity contribution is 7.85. The van der Waals surface area contributed by atoms with Gasteiger partial charge in [0.25, 0.3) is 10.1 Å². The molecule has 1 aliphatic rings. The van der Waals surface area contributed by atoms with E-state index in [9.17, 15) is 22.0 Å². The van der Waals surface area contributed by atoms with Gasteiger partial charge in [-0.15, -0.1) is 0 Å². The fourth-order valence-corrected chi connectivity index (χ4v) is 4.22. The number of hydrogen-bond donors (Lipinski definition) is 2. The summed E-state index contributed by atoms with van der Waals surface area (Å²) in [6.45, 7) is 2.20. The number of nitrogens with one attached hydrogen (secondary N) is 2. The van der Waals surface area contributed by atoms with Crippen LogP contribution in [0.4, 0.5) is 14.6 Å². The number of anilines is 1. The van der Waals surface area contributed by atoms with E-state index >= 15 is 0 Å². The zero-order valence-corrected chi connectivity index (χ0v) is 18.9. The largest absolute Gasteiger partial charge is 0.333 e. The van der Waals surface area contributed by atoms with E-state index < -0.39 is 27.8 Å². The SMILES string of the molecule is CCCC(NC1CCc2cc(F)cc(F)c2C1)C(=O)Nc1cn(CCOS(C)(=O)=O)cn1. The zero-order chi connectivity index (χ0) is 23.3. The van der Waals surface area contributed by atoms with Gasteiger partial charge in [-0.1, -0.05) is 13.3 Å². The van der Waals surface area contributed by atoms with Crippen LogP contribution in [-0.4, -0.2) is 48.8 Å². The Morgan fingerprint density at radius 3 is 2.88 bits per heavy atom. The number of nitrogens with zero attached hydrogens (tertiary/aromatic N) is 2. The summed E-state index contributed by atoms with van der Waals surface area (Å²) in [5.41, 5.74) is 1.18. The van der Waals surface area contributed by atoms with Gasteiger partial charge in [0.15, 0.2) is 5.82 Å². The first-order valence-electron chi connectivity index (χ1n) is 10.5. The molecule has 0 aliphatic heterocycles. The van der Waals surface area contributed by atoms with Crippen molar-refractivity contribution in [1.82, 2.24) is 14.9 Å². The van der Waals surface area contributed by atoms with Crippen LogP contribution in [0.15, 0.2) is 24.7 Å². The van der Waals surface area contributed by atoms with Crippen molar-refractivity contribution in [2.45, 2.75) is 57.7 Å². The van der Waals surface area contributed by atoms with Gasteiger partial charge in [0.2, 0.25) is 5.91 Å². The number of aryl methyl sites for hydroxylation is 1. The quantitative estimate of drug-likeness (QED) is 0.517. The molecule has 1 heterocycles. The van der Waals surface area contributed by atoms with Gasteiger partial charge in [-0.25, -0.2) is 13.8 Å². The van der Waals surface area contributed by atoms with Gasteiger partial charge in [-0.05, 0) is 42.9 Å². The lowest BCUT2D eigenvalue weighted by atomic mass is 9.87. The lowest BCUT2D eigenvalue weighted by molar-refractivity contribution is -0.118. The highest BCUT2D eigenvalue weighted by atomic mass is 32.2. The maximum Gasteiger partial charge on any atom is 0.264 e. The standard InChI is InChI=1S/C21H28F2N4O4S/c1-3-4-19(25-16-6-5-14-9-15(22)10-18(23)17(14)11-16)21(28)26-20-12-27(13-24-20)7-8-31-32(2,29)30/h9-10,12-13,16,19,25H,3-8,11H2,1-2H3,(H,26,28). The van der Waals surface area contributed by atoms with Crippen LogP contribution in [0.2, 0.25) is 0 Å². The predicted molar refractivity (Wildman–Crippen MR) is 116 cm³/mol. The van der Waals surface area contributed by atoms with Crippen LogP contribution in [-0.2, 0) is 38.5 Å². The molecule has 0 saturated heterocycles. The van der Waals surface area contributed by atoms with Crippen molar-refractivity contribution < 1.29 is 26.2 Å². The first kappa shape index (κ1) is 24.3. The van der Waals surface area contributed by atoms with Crippen molar-refractivity contribution >= 4 is 21.8 Å². The van der Waals surface area contributed by atoms with E-state index in [4.69, 9.17) is 4.18 Å². The number of hydrogen-bond acceptors (Lipinski definition) is 6. The van der Waals surface area contributed by atoms with Gasteiger partial charge in [0.05, 0.1) is 25.2 Å². The lowest BCUT2D eigenvalue weighted by Gasteiger charge is -2.29. The van der Waals surface area contributed by atoms with E-state index in [1.807, 2.05) is 6.92 Å². The minimum Gasteiger partial charge on any atom is -0.333 e. The second-order valence-corrected chi connectivity index (χ2v) is 9.63. The number of rotatable bonds is 10. The molecule has 1 aromatic carbocycles. The molecular formula is C21H28F2N4O4S. The molecule has 32 heavy (non-hydrogen) atoms. The third-order valence-electron chi connectivity index (χ3n) is 5.33. The Kier molecular flexibility index (Phi) is 7.96. The smallest absolute Gasteiger partial charge is 0.264 e. The number of amides is 1. The molecule has 0 spiro atoms. The van der Waals surface area contributed by atoms with Crippen molar-refractivity contribution in [1.29, 1.82) is 0 Å². The van der Waals surface area contributed by atoms with Crippen molar-refractivity contribution in [3.63, 3.8) is 0 Å². The van der Waals surface area contributed by atoms with Crippen LogP contribution in [0.5, 0.6) is 0 Å². The number of halogens is 2. The van der Waals surface area contributed by atoms with Crippen LogP contribution in [0, 0.1) is 11.6 Å². The molecule has 0 radical (unpaired) electrons. The van der Waals surface area contributed by atoms with Crippen LogP contribution in [0.25, 0.3) is 0 Å². The van der Waals surface area contributed by atoms with E-state index in [2.05, 4.69) is 15.6 Å². The molecule has 1 aliphatic carbocycles. The molecule has 11 heteroatoms. The summed E-state index contributed by atoms with van der Waals surface area (Å²) < 4.78 is 56.0. The highest BCUT2D eigenvalue weighted by Crippen LogP contribution is 2.25. The molecule has 1 amide bonds. The van der Waals surface area contributed by atoms with Crippen molar-refractivity contribution in [3.05, 3.63) is 47.4 Å². The fraction of sp³-hybridized carbons (Fsp3) is 0.524. The van der Waals surface area contributed by atoms with Gasteiger partial charge in [0, 0.05) is 24.8 Å². The summed E-state index contributed by atoms with van der Waals surface area (Å²) in [7, 11) is -3.52. The van der Waals surface area contributed by atoms with E-state index in [1.165, 1.54) is 12.4 Å². The molecule has 8 nitrogen and oxygen atoms in total. The summed E-state index contributed by atoms with van der Waals surface area (Å²) in [5, 5.41) is 6.09.